The van der Waals surface area contributed by atoms with E-state index in [-0.39, 0.29) is 0 Å². The van der Waals surface area contributed by atoms with E-state index in [1.54, 1.807) is 11.3 Å². The first-order valence-electron chi connectivity index (χ1n) is 7.01. The van der Waals surface area contributed by atoms with E-state index < -0.39 is 0 Å². The average Bonchev–Trinajstić information content (AvgIpc) is 3.09. The molecule has 3 nitrogen and oxygen atoms in total. The molecule has 1 N–H and O–H groups in total. The molecular weight excluding hydrogens is 268 g/mol. The van der Waals surface area contributed by atoms with Gasteiger partial charge in [0.25, 0.3) is 0 Å². The molecule has 0 fully saturated rings. The van der Waals surface area contributed by atoms with E-state index in [1.807, 2.05) is 6.20 Å². The van der Waals surface area contributed by atoms with Gasteiger partial charge in [-0.2, -0.15) is 0 Å². The van der Waals surface area contributed by atoms with E-state index in [0.29, 0.717) is 0 Å². The quantitative estimate of drug-likeness (QED) is 0.693. The van der Waals surface area contributed by atoms with Crippen molar-refractivity contribution in [3.05, 3.63) is 42.4 Å². The number of rotatable bonds is 6. The summed E-state index contributed by atoms with van der Waals surface area (Å²) in [5.74, 6) is 1.71. The van der Waals surface area contributed by atoms with E-state index in [1.165, 1.54) is 10.1 Å². The molecule has 0 unspecified atom stereocenters. The van der Waals surface area contributed by atoms with Crippen molar-refractivity contribution in [1.29, 1.82) is 0 Å². The van der Waals surface area contributed by atoms with E-state index in [9.17, 15) is 0 Å². The van der Waals surface area contributed by atoms with Gasteiger partial charge in [0.2, 0.25) is 0 Å². The number of nitrogens with zero attached hydrogens (tertiary/aromatic N) is 1. The van der Waals surface area contributed by atoms with E-state index >= 15 is 0 Å². The van der Waals surface area contributed by atoms with Crippen LogP contribution in [-0.4, -0.2) is 18.1 Å². The first kappa shape index (κ1) is 13.3. The number of oxazole rings is 1. The van der Waals surface area contributed by atoms with Crippen LogP contribution in [0.5, 0.6) is 0 Å². The van der Waals surface area contributed by atoms with Crippen LogP contribution in [-0.2, 0) is 6.42 Å². The Morgan fingerprint density at radius 2 is 2.20 bits per heavy atom. The molecule has 3 rings (SSSR count). The molecule has 0 aliphatic rings. The highest BCUT2D eigenvalue weighted by molar-refractivity contribution is 7.22. The van der Waals surface area contributed by atoms with Gasteiger partial charge >= 0.3 is 0 Å². The molecule has 1 aromatic carbocycles. The number of fused-ring (bicyclic) bond motifs is 1. The molecule has 0 spiro atoms. The van der Waals surface area contributed by atoms with Crippen molar-refractivity contribution in [1.82, 2.24) is 10.3 Å². The third kappa shape index (κ3) is 2.92. The Morgan fingerprint density at radius 1 is 1.30 bits per heavy atom. The third-order valence-corrected chi connectivity index (χ3v) is 4.35. The van der Waals surface area contributed by atoms with Crippen LogP contribution >= 0.6 is 11.3 Å². The zero-order valence-corrected chi connectivity index (χ0v) is 12.4. The van der Waals surface area contributed by atoms with E-state index in [4.69, 9.17) is 4.42 Å². The minimum atomic E-state index is 0.829. The Kier molecular flexibility index (Phi) is 4.14. The molecule has 20 heavy (non-hydrogen) atoms. The Balaban J connectivity index is 1.72. The fraction of sp³-hybridized carbons (Fsp3) is 0.312. The average molecular weight is 286 g/mol. The summed E-state index contributed by atoms with van der Waals surface area (Å²) in [6, 6.07) is 10.6. The van der Waals surface area contributed by atoms with Gasteiger partial charge in [0.1, 0.15) is 0 Å². The van der Waals surface area contributed by atoms with Crippen LogP contribution in [0, 0.1) is 0 Å². The highest BCUT2D eigenvalue weighted by atomic mass is 32.1. The molecule has 2 heterocycles. The smallest absolute Gasteiger partial charge is 0.194 e. The number of aromatic nitrogens is 1. The van der Waals surface area contributed by atoms with Crippen molar-refractivity contribution in [2.75, 3.05) is 13.1 Å². The van der Waals surface area contributed by atoms with Gasteiger partial charge in [-0.25, -0.2) is 4.98 Å². The van der Waals surface area contributed by atoms with E-state index in [0.717, 1.165) is 42.5 Å². The Hall–Kier alpha value is -1.65. The van der Waals surface area contributed by atoms with Gasteiger partial charge in [0.15, 0.2) is 11.7 Å². The van der Waals surface area contributed by atoms with Gasteiger partial charge in [0, 0.05) is 11.1 Å². The maximum Gasteiger partial charge on any atom is 0.194 e. The topological polar surface area (TPSA) is 38.1 Å². The van der Waals surface area contributed by atoms with Crippen molar-refractivity contribution in [2.24, 2.45) is 0 Å². The molecule has 0 aliphatic carbocycles. The van der Waals surface area contributed by atoms with E-state index in [2.05, 4.69) is 47.6 Å². The number of hydrogen-bond acceptors (Lipinski definition) is 4. The molecule has 0 amide bonds. The molecular formula is C16H18N2OS. The fourth-order valence-electron chi connectivity index (χ4n) is 2.18. The Bertz CT molecular complexity index is 653. The number of nitrogens with one attached hydrogen (secondary N) is 1. The summed E-state index contributed by atoms with van der Waals surface area (Å²) in [5, 5.41) is 4.57. The van der Waals surface area contributed by atoms with Crippen LogP contribution in [0.25, 0.3) is 20.7 Å². The van der Waals surface area contributed by atoms with Gasteiger partial charge in [-0.05, 0) is 37.0 Å². The van der Waals surface area contributed by atoms with Crippen molar-refractivity contribution in [3.8, 4) is 10.6 Å². The summed E-state index contributed by atoms with van der Waals surface area (Å²) in [4.78, 5) is 5.52. The molecule has 0 radical (unpaired) electrons. The largest absolute Gasteiger partial charge is 0.440 e. The predicted octanol–water partition coefficient (Wildman–Crippen LogP) is 4.10. The standard InChI is InChI=1S/C16H18N2OS/c1-2-17-9-5-8-16-18-11-13(19-16)15-10-12-6-3-4-7-14(12)20-15/h3-4,6-7,10-11,17H,2,5,8-9H2,1H3. The zero-order valence-electron chi connectivity index (χ0n) is 11.6. The predicted molar refractivity (Wildman–Crippen MR) is 84.2 cm³/mol. The lowest BCUT2D eigenvalue weighted by Gasteiger charge is -1.98. The molecule has 104 valence electrons. The molecule has 0 atom stereocenters. The Morgan fingerprint density at radius 3 is 3.05 bits per heavy atom. The highest BCUT2D eigenvalue weighted by Gasteiger charge is 2.09. The molecule has 0 saturated carbocycles. The number of aryl methyl sites for hydroxylation is 1. The molecule has 0 aliphatic heterocycles. The first-order valence-corrected chi connectivity index (χ1v) is 7.83. The minimum absolute atomic E-state index is 0.829. The number of hydrogen-bond donors (Lipinski definition) is 1. The number of thiophene rings is 1. The van der Waals surface area contributed by atoms with Crippen molar-refractivity contribution >= 4 is 21.4 Å². The van der Waals surface area contributed by atoms with Crippen LogP contribution in [0.4, 0.5) is 0 Å². The lowest BCUT2D eigenvalue weighted by molar-refractivity contribution is 0.494. The number of benzene rings is 1. The third-order valence-electron chi connectivity index (χ3n) is 3.22. The summed E-state index contributed by atoms with van der Waals surface area (Å²) in [6.07, 6.45) is 3.78. The highest BCUT2D eigenvalue weighted by Crippen LogP contribution is 2.33. The second-order valence-electron chi connectivity index (χ2n) is 4.72. The SMILES string of the molecule is CCNCCCc1ncc(-c2cc3ccccc3s2)o1. The Labute approximate surface area is 122 Å². The maximum absolute atomic E-state index is 5.85. The van der Waals surface area contributed by atoms with Crippen LogP contribution in [0.1, 0.15) is 19.2 Å². The molecule has 3 aromatic rings. The lowest BCUT2D eigenvalue weighted by Crippen LogP contribution is -2.14. The normalized spacial score (nSPS) is 11.2. The molecule has 2 aromatic heterocycles. The molecule has 0 saturated heterocycles. The second-order valence-corrected chi connectivity index (χ2v) is 5.81. The molecule has 4 heteroatoms. The van der Waals surface area contributed by atoms with Crippen molar-refractivity contribution in [3.63, 3.8) is 0 Å². The summed E-state index contributed by atoms with van der Waals surface area (Å²) in [7, 11) is 0. The van der Waals surface area contributed by atoms with Crippen molar-refractivity contribution in [2.45, 2.75) is 19.8 Å². The van der Waals surface area contributed by atoms with Crippen LogP contribution in [0.2, 0.25) is 0 Å². The molecule has 0 bridgehead atoms. The van der Waals surface area contributed by atoms with Gasteiger partial charge < -0.3 is 9.73 Å². The van der Waals surface area contributed by atoms with Gasteiger partial charge in [0.05, 0.1) is 11.1 Å². The van der Waals surface area contributed by atoms with Crippen LogP contribution in [0.3, 0.4) is 0 Å². The first-order chi connectivity index (χ1) is 9.86. The summed E-state index contributed by atoms with van der Waals surface area (Å²) < 4.78 is 7.14. The minimum Gasteiger partial charge on any atom is -0.440 e. The summed E-state index contributed by atoms with van der Waals surface area (Å²) >= 11 is 1.75. The van der Waals surface area contributed by atoms with Crippen LogP contribution < -0.4 is 5.32 Å². The van der Waals surface area contributed by atoms with Gasteiger partial charge in [-0.1, -0.05) is 25.1 Å². The summed E-state index contributed by atoms with van der Waals surface area (Å²) in [6.45, 7) is 4.14. The second kappa shape index (κ2) is 6.20. The zero-order chi connectivity index (χ0) is 13.8. The van der Waals surface area contributed by atoms with Crippen molar-refractivity contribution < 1.29 is 4.42 Å². The van der Waals surface area contributed by atoms with Crippen LogP contribution in [0.15, 0.2) is 40.9 Å². The summed E-state index contributed by atoms with van der Waals surface area (Å²) in [5.41, 5.74) is 0. The van der Waals surface area contributed by atoms with Gasteiger partial charge in [-0.3, -0.25) is 0 Å². The van der Waals surface area contributed by atoms with Gasteiger partial charge in [-0.15, -0.1) is 11.3 Å². The fourth-order valence-corrected chi connectivity index (χ4v) is 3.19. The monoisotopic (exact) mass is 286 g/mol. The lowest BCUT2D eigenvalue weighted by atomic mass is 10.2. The maximum atomic E-state index is 5.85.